The van der Waals surface area contributed by atoms with E-state index in [4.69, 9.17) is 21.4 Å². The van der Waals surface area contributed by atoms with Crippen LogP contribution in [0.25, 0.3) is 16.7 Å². The van der Waals surface area contributed by atoms with Crippen LogP contribution >= 0.6 is 11.6 Å². The van der Waals surface area contributed by atoms with Gasteiger partial charge >= 0.3 is 0 Å². The Bertz CT molecular complexity index is 914. The van der Waals surface area contributed by atoms with Crippen LogP contribution < -0.4 is 0 Å². The highest BCUT2D eigenvalue weighted by molar-refractivity contribution is 6.31. The minimum Gasteiger partial charge on any atom is -0.509 e. The van der Waals surface area contributed by atoms with Gasteiger partial charge in [-0.3, -0.25) is 0 Å². The predicted octanol–water partition coefficient (Wildman–Crippen LogP) is 4.75. The molecule has 2 aromatic carbocycles. The van der Waals surface area contributed by atoms with Crippen LogP contribution in [-0.2, 0) is 11.2 Å². The van der Waals surface area contributed by atoms with Gasteiger partial charge in [0.05, 0.1) is 12.3 Å². The number of benzene rings is 2. The minimum absolute atomic E-state index is 0.169. The van der Waals surface area contributed by atoms with E-state index in [1.54, 1.807) is 11.7 Å². The lowest BCUT2D eigenvalue weighted by Crippen LogP contribution is -2.05. The third-order valence-corrected chi connectivity index (χ3v) is 4.00. The first kappa shape index (κ1) is 17.3. The summed E-state index contributed by atoms with van der Waals surface area (Å²) in [6.45, 7) is 4.17. The van der Waals surface area contributed by atoms with Crippen LogP contribution in [0.5, 0.6) is 0 Å². The van der Waals surface area contributed by atoms with Gasteiger partial charge in [0.2, 0.25) is 0 Å². The number of aryl methyl sites for hydroxylation is 2. The van der Waals surface area contributed by atoms with Crippen molar-refractivity contribution in [2.75, 3.05) is 6.61 Å². The molecule has 0 unspecified atom stereocenters. The molecule has 0 bridgehead atoms. The van der Waals surface area contributed by atoms with E-state index in [0.717, 1.165) is 40.7 Å². The fourth-order valence-electron chi connectivity index (χ4n) is 2.59. The fraction of sp³-hybridized carbons (Fsp3) is 0.263. The number of hydrogen-bond acceptors (Lipinski definition) is 4. The van der Waals surface area contributed by atoms with E-state index in [1.165, 1.54) is 6.26 Å². The molecule has 25 heavy (non-hydrogen) atoms. The first-order chi connectivity index (χ1) is 12.0. The number of fused-ring (bicyclic) bond motifs is 1. The molecule has 0 saturated heterocycles. The van der Waals surface area contributed by atoms with E-state index in [9.17, 15) is 0 Å². The second-order valence-corrected chi connectivity index (χ2v) is 6.42. The first-order valence-electron chi connectivity index (χ1n) is 8.13. The highest BCUT2D eigenvalue weighted by atomic mass is 35.5. The molecule has 6 heteroatoms. The zero-order chi connectivity index (χ0) is 17.8. The highest BCUT2D eigenvalue weighted by Gasteiger charge is 2.10. The Labute approximate surface area is 151 Å². The monoisotopic (exact) mass is 357 g/mol. The summed E-state index contributed by atoms with van der Waals surface area (Å²) in [5.41, 5.74) is 4.83. The van der Waals surface area contributed by atoms with Crippen LogP contribution in [0, 0.1) is 6.92 Å². The van der Waals surface area contributed by atoms with Gasteiger partial charge in [0, 0.05) is 5.02 Å². The zero-order valence-corrected chi connectivity index (χ0v) is 15.0. The number of rotatable bonds is 6. The Morgan fingerprint density at radius 1 is 1.20 bits per heavy atom. The van der Waals surface area contributed by atoms with Crippen molar-refractivity contribution in [3.63, 3.8) is 0 Å². The number of aromatic nitrogens is 3. The molecule has 130 valence electrons. The van der Waals surface area contributed by atoms with Crippen molar-refractivity contribution in [2.24, 2.45) is 0 Å². The van der Waals surface area contributed by atoms with Gasteiger partial charge in [-0.05, 0) is 62.1 Å². The van der Waals surface area contributed by atoms with Crippen LogP contribution in [0.3, 0.4) is 0 Å². The van der Waals surface area contributed by atoms with Crippen LogP contribution in [-0.4, -0.2) is 26.7 Å². The molecule has 0 spiro atoms. The van der Waals surface area contributed by atoms with Gasteiger partial charge < -0.3 is 9.84 Å². The molecule has 0 aliphatic rings. The van der Waals surface area contributed by atoms with Crippen LogP contribution in [0.4, 0.5) is 0 Å². The number of allylic oxidation sites excluding steroid dienone is 1. The molecule has 0 saturated carbocycles. The Kier molecular flexibility index (Phi) is 5.24. The van der Waals surface area contributed by atoms with Gasteiger partial charge in [-0.15, -0.1) is 10.2 Å². The quantitative estimate of drug-likeness (QED) is 0.510. The van der Waals surface area contributed by atoms with Crippen molar-refractivity contribution in [3.8, 4) is 5.69 Å². The Morgan fingerprint density at radius 3 is 2.80 bits per heavy atom. The SMILES string of the molecule is CC(O)=COCCCc1ccc(C)cc1-n1nc2ccc(Cl)cc2n1. The number of halogens is 1. The number of aliphatic hydroxyl groups is 1. The fourth-order valence-corrected chi connectivity index (χ4v) is 2.76. The Hall–Kier alpha value is -2.53. The summed E-state index contributed by atoms with van der Waals surface area (Å²) >= 11 is 6.04. The van der Waals surface area contributed by atoms with Gasteiger partial charge in [0.1, 0.15) is 23.1 Å². The van der Waals surface area contributed by atoms with Crippen LogP contribution in [0.1, 0.15) is 24.5 Å². The molecular weight excluding hydrogens is 338 g/mol. The van der Waals surface area contributed by atoms with Gasteiger partial charge in [-0.1, -0.05) is 23.7 Å². The maximum Gasteiger partial charge on any atom is 0.123 e. The van der Waals surface area contributed by atoms with E-state index in [1.807, 2.05) is 25.1 Å². The molecule has 1 heterocycles. The summed E-state index contributed by atoms with van der Waals surface area (Å²) in [6, 6.07) is 11.8. The van der Waals surface area contributed by atoms with Gasteiger partial charge in [-0.2, -0.15) is 4.80 Å². The number of nitrogens with zero attached hydrogens (tertiary/aromatic N) is 3. The van der Waals surface area contributed by atoms with Gasteiger partial charge in [0.15, 0.2) is 0 Å². The molecule has 0 aliphatic heterocycles. The standard InChI is InChI=1S/C19H20ClN3O2/c1-13-5-6-15(4-3-9-25-12-14(2)24)19(10-13)23-21-17-8-7-16(20)11-18(17)22-23/h5-8,10-12,24H,3-4,9H2,1-2H3. The number of ether oxygens (including phenoxy) is 1. The molecule has 5 nitrogen and oxygen atoms in total. The van der Waals surface area contributed by atoms with E-state index in [0.29, 0.717) is 11.6 Å². The second kappa shape index (κ2) is 7.57. The van der Waals surface area contributed by atoms with Crippen molar-refractivity contribution in [3.05, 3.63) is 64.6 Å². The lowest BCUT2D eigenvalue weighted by Gasteiger charge is -2.09. The Balaban J connectivity index is 1.84. The normalized spacial score (nSPS) is 11.9. The maximum absolute atomic E-state index is 9.09. The summed E-state index contributed by atoms with van der Waals surface area (Å²) in [5, 5.41) is 18.9. The molecule has 0 fully saturated rings. The van der Waals surface area contributed by atoms with Gasteiger partial charge in [0.25, 0.3) is 0 Å². The van der Waals surface area contributed by atoms with Crippen molar-refractivity contribution >= 4 is 22.6 Å². The van der Waals surface area contributed by atoms with Crippen LogP contribution in [0.15, 0.2) is 48.4 Å². The second-order valence-electron chi connectivity index (χ2n) is 5.99. The van der Waals surface area contributed by atoms with Crippen molar-refractivity contribution in [1.29, 1.82) is 0 Å². The topological polar surface area (TPSA) is 60.2 Å². The molecule has 0 amide bonds. The average Bonchev–Trinajstić information content (AvgIpc) is 2.98. The lowest BCUT2D eigenvalue weighted by molar-refractivity contribution is 0.225. The van der Waals surface area contributed by atoms with E-state index >= 15 is 0 Å². The average molecular weight is 358 g/mol. The maximum atomic E-state index is 9.09. The third-order valence-electron chi connectivity index (χ3n) is 3.76. The summed E-state index contributed by atoms with van der Waals surface area (Å²) in [7, 11) is 0. The minimum atomic E-state index is 0.169. The molecule has 1 N–H and O–H groups in total. The highest BCUT2D eigenvalue weighted by Crippen LogP contribution is 2.21. The summed E-state index contributed by atoms with van der Waals surface area (Å²) in [6.07, 6.45) is 3.01. The van der Waals surface area contributed by atoms with E-state index in [2.05, 4.69) is 28.4 Å². The summed E-state index contributed by atoms with van der Waals surface area (Å²) in [4.78, 5) is 1.67. The smallest absolute Gasteiger partial charge is 0.123 e. The molecular formula is C19H20ClN3O2. The number of aliphatic hydroxyl groups excluding tert-OH is 1. The van der Waals surface area contributed by atoms with Crippen LogP contribution in [0.2, 0.25) is 5.02 Å². The molecule has 0 atom stereocenters. The molecule has 3 aromatic rings. The van der Waals surface area contributed by atoms with E-state index in [-0.39, 0.29) is 5.76 Å². The molecule has 0 aliphatic carbocycles. The molecule has 1 aromatic heterocycles. The van der Waals surface area contributed by atoms with Crippen molar-refractivity contribution < 1.29 is 9.84 Å². The van der Waals surface area contributed by atoms with E-state index < -0.39 is 0 Å². The molecule has 3 rings (SSSR count). The first-order valence-corrected chi connectivity index (χ1v) is 8.50. The summed E-state index contributed by atoms with van der Waals surface area (Å²) < 4.78 is 5.28. The lowest BCUT2D eigenvalue weighted by atomic mass is 10.1. The summed E-state index contributed by atoms with van der Waals surface area (Å²) in [5.74, 6) is 0.169. The van der Waals surface area contributed by atoms with Crippen molar-refractivity contribution in [1.82, 2.24) is 15.0 Å². The van der Waals surface area contributed by atoms with Gasteiger partial charge in [-0.25, -0.2) is 0 Å². The Morgan fingerprint density at radius 2 is 2.00 bits per heavy atom. The number of hydrogen-bond donors (Lipinski definition) is 1. The van der Waals surface area contributed by atoms with Crippen molar-refractivity contribution in [2.45, 2.75) is 26.7 Å². The largest absolute Gasteiger partial charge is 0.509 e. The zero-order valence-electron chi connectivity index (χ0n) is 14.2. The predicted molar refractivity (Wildman–Crippen MR) is 99.3 cm³/mol. The third kappa shape index (κ3) is 4.31. The molecule has 0 radical (unpaired) electrons.